The number of piperidine rings is 1. The first kappa shape index (κ1) is 13.5. The topological polar surface area (TPSA) is 42.4 Å². The van der Waals surface area contributed by atoms with Gasteiger partial charge in [-0.3, -0.25) is 4.79 Å². The minimum absolute atomic E-state index is 0.406. The molecule has 0 bridgehead atoms. The normalized spacial score (nSPS) is 24.3. The van der Waals surface area contributed by atoms with Crippen molar-refractivity contribution in [1.82, 2.24) is 4.98 Å². The molecule has 18 heavy (non-hydrogen) atoms. The Kier molecular flexibility index (Phi) is 4.35. The van der Waals surface area contributed by atoms with Gasteiger partial charge in [-0.2, -0.15) is 0 Å². The maximum atomic E-state index is 11.0. The number of carbonyl (C=O) groups is 1. The second-order valence-corrected chi connectivity index (χ2v) is 6.22. The number of hydrogen-bond donors (Lipinski definition) is 0. The first-order valence-electron chi connectivity index (χ1n) is 6.32. The first-order valence-corrected chi connectivity index (χ1v) is 7.14. The molecule has 5 heteroatoms. The van der Waals surface area contributed by atoms with Crippen LogP contribution in [0.5, 0.6) is 0 Å². The minimum Gasteiger partial charge on any atom is -0.378 e. The summed E-state index contributed by atoms with van der Waals surface area (Å²) < 4.78 is 5.08. The number of ether oxygens (including phenoxy) is 1. The van der Waals surface area contributed by atoms with Crippen molar-refractivity contribution in [3.63, 3.8) is 0 Å². The van der Waals surface area contributed by atoms with Gasteiger partial charge in [0.05, 0.1) is 17.2 Å². The quantitative estimate of drug-likeness (QED) is 0.787. The monoisotopic (exact) mass is 268 g/mol. The van der Waals surface area contributed by atoms with Crippen molar-refractivity contribution in [2.24, 2.45) is 11.8 Å². The average molecular weight is 268 g/mol. The molecule has 1 aliphatic rings. The molecule has 1 aromatic heterocycles. The van der Waals surface area contributed by atoms with Crippen LogP contribution in [0.4, 0.5) is 5.13 Å². The van der Waals surface area contributed by atoms with Crippen molar-refractivity contribution in [1.29, 1.82) is 0 Å². The van der Waals surface area contributed by atoms with Crippen molar-refractivity contribution in [2.45, 2.75) is 26.9 Å². The Balaban J connectivity index is 2.19. The summed E-state index contributed by atoms with van der Waals surface area (Å²) in [5.41, 5.74) is 0.762. The molecule has 1 fully saturated rings. The largest absolute Gasteiger partial charge is 0.378 e. The average Bonchev–Trinajstić information content (AvgIpc) is 2.71. The van der Waals surface area contributed by atoms with Crippen molar-refractivity contribution in [3.8, 4) is 0 Å². The van der Waals surface area contributed by atoms with Gasteiger partial charge in [0.1, 0.15) is 0 Å². The van der Waals surface area contributed by atoms with Gasteiger partial charge in [-0.25, -0.2) is 4.98 Å². The zero-order chi connectivity index (χ0) is 13.1. The van der Waals surface area contributed by atoms with Crippen molar-refractivity contribution in [3.05, 3.63) is 10.6 Å². The summed E-state index contributed by atoms with van der Waals surface area (Å²) in [6.45, 7) is 7.01. The highest BCUT2D eigenvalue weighted by Gasteiger charge is 2.25. The highest BCUT2D eigenvalue weighted by Crippen LogP contribution is 2.31. The molecule has 2 heterocycles. The van der Waals surface area contributed by atoms with Gasteiger partial charge < -0.3 is 9.64 Å². The van der Waals surface area contributed by atoms with E-state index in [-0.39, 0.29) is 0 Å². The molecular formula is C13H20N2O2S. The molecular weight excluding hydrogens is 248 g/mol. The third-order valence-electron chi connectivity index (χ3n) is 3.24. The molecule has 2 atom stereocenters. The van der Waals surface area contributed by atoms with Crippen LogP contribution in [0.25, 0.3) is 0 Å². The Morgan fingerprint density at radius 2 is 2.11 bits per heavy atom. The Morgan fingerprint density at radius 3 is 2.67 bits per heavy atom. The predicted octanol–water partition coefficient (Wildman–Crippen LogP) is 2.58. The molecule has 0 spiro atoms. The number of aldehydes is 1. The third-order valence-corrected chi connectivity index (χ3v) is 4.33. The van der Waals surface area contributed by atoms with Crippen LogP contribution >= 0.6 is 11.3 Å². The van der Waals surface area contributed by atoms with E-state index in [1.165, 1.54) is 17.8 Å². The Morgan fingerprint density at radius 1 is 1.44 bits per heavy atom. The number of methoxy groups -OCH3 is 1. The Labute approximate surface area is 112 Å². The van der Waals surface area contributed by atoms with Crippen LogP contribution in [0.2, 0.25) is 0 Å². The number of nitrogens with zero attached hydrogens (tertiary/aromatic N) is 2. The van der Waals surface area contributed by atoms with Crippen molar-refractivity contribution < 1.29 is 9.53 Å². The molecule has 0 radical (unpaired) electrons. The second-order valence-electron chi connectivity index (χ2n) is 5.21. The summed E-state index contributed by atoms with van der Waals surface area (Å²) in [7, 11) is 1.62. The predicted molar refractivity (Wildman–Crippen MR) is 73.4 cm³/mol. The SMILES string of the molecule is COCc1nc(N2CC(C)CC(C)C2)sc1C=O. The smallest absolute Gasteiger partial charge is 0.186 e. The number of anilines is 1. The molecule has 1 aliphatic heterocycles. The van der Waals surface area contributed by atoms with E-state index in [2.05, 4.69) is 23.7 Å². The molecule has 0 saturated carbocycles. The van der Waals surface area contributed by atoms with Crippen LogP contribution in [0.1, 0.15) is 35.6 Å². The zero-order valence-electron chi connectivity index (χ0n) is 11.2. The summed E-state index contributed by atoms with van der Waals surface area (Å²) in [5.74, 6) is 1.37. The van der Waals surface area contributed by atoms with Gasteiger partial charge in [-0.1, -0.05) is 25.2 Å². The van der Waals surface area contributed by atoms with E-state index < -0.39 is 0 Å². The molecule has 0 N–H and O–H groups in total. The third kappa shape index (κ3) is 2.90. The number of thiazole rings is 1. The lowest BCUT2D eigenvalue weighted by Crippen LogP contribution is -2.38. The van der Waals surface area contributed by atoms with E-state index in [4.69, 9.17) is 4.74 Å². The summed E-state index contributed by atoms with van der Waals surface area (Å²) in [5, 5.41) is 0.961. The van der Waals surface area contributed by atoms with Gasteiger partial charge in [0.25, 0.3) is 0 Å². The molecule has 0 amide bonds. The van der Waals surface area contributed by atoms with Crippen LogP contribution < -0.4 is 4.90 Å². The van der Waals surface area contributed by atoms with Gasteiger partial charge >= 0.3 is 0 Å². The summed E-state index contributed by atoms with van der Waals surface area (Å²) in [6.07, 6.45) is 2.15. The van der Waals surface area contributed by atoms with E-state index in [9.17, 15) is 4.79 Å². The highest BCUT2D eigenvalue weighted by molar-refractivity contribution is 7.17. The van der Waals surface area contributed by atoms with E-state index in [0.717, 1.165) is 30.2 Å². The lowest BCUT2D eigenvalue weighted by molar-refractivity contribution is 0.112. The Hall–Kier alpha value is -0.940. The fourth-order valence-corrected chi connectivity index (χ4v) is 3.54. The van der Waals surface area contributed by atoms with Crippen LogP contribution in [-0.2, 0) is 11.3 Å². The van der Waals surface area contributed by atoms with Crippen molar-refractivity contribution >= 4 is 22.8 Å². The molecule has 0 aromatic carbocycles. The van der Waals surface area contributed by atoms with E-state index in [0.29, 0.717) is 23.3 Å². The minimum atomic E-state index is 0.406. The lowest BCUT2D eigenvalue weighted by Gasteiger charge is -2.34. The molecule has 100 valence electrons. The van der Waals surface area contributed by atoms with Crippen LogP contribution in [0.15, 0.2) is 0 Å². The molecule has 2 rings (SSSR count). The standard InChI is InChI=1S/C13H20N2O2S/c1-9-4-10(2)6-15(5-9)13-14-11(8-17-3)12(7-16)18-13/h7,9-10H,4-6,8H2,1-3H3. The Bertz CT molecular complexity index is 409. The maximum absolute atomic E-state index is 11.0. The van der Waals surface area contributed by atoms with Crippen LogP contribution in [0.3, 0.4) is 0 Å². The molecule has 4 nitrogen and oxygen atoms in total. The van der Waals surface area contributed by atoms with E-state index in [1.54, 1.807) is 7.11 Å². The maximum Gasteiger partial charge on any atom is 0.186 e. The lowest BCUT2D eigenvalue weighted by atomic mass is 9.92. The first-order chi connectivity index (χ1) is 8.63. The fraction of sp³-hybridized carbons (Fsp3) is 0.692. The van der Waals surface area contributed by atoms with Gasteiger partial charge in [0, 0.05) is 20.2 Å². The number of hydrogen-bond acceptors (Lipinski definition) is 5. The molecule has 1 saturated heterocycles. The molecule has 0 aliphatic carbocycles. The van der Waals surface area contributed by atoms with Gasteiger partial charge in [-0.15, -0.1) is 0 Å². The summed E-state index contributed by atoms with van der Waals surface area (Å²) in [4.78, 5) is 18.6. The van der Waals surface area contributed by atoms with Crippen LogP contribution in [0, 0.1) is 11.8 Å². The fourth-order valence-electron chi connectivity index (χ4n) is 2.64. The molecule has 1 aromatic rings. The second kappa shape index (κ2) is 5.80. The highest BCUT2D eigenvalue weighted by atomic mass is 32.1. The number of carbonyl (C=O) groups excluding carboxylic acids is 1. The van der Waals surface area contributed by atoms with E-state index in [1.807, 2.05) is 0 Å². The van der Waals surface area contributed by atoms with E-state index >= 15 is 0 Å². The van der Waals surface area contributed by atoms with Crippen LogP contribution in [-0.4, -0.2) is 31.5 Å². The zero-order valence-corrected chi connectivity index (χ0v) is 12.0. The van der Waals surface area contributed by atoms with Gasteiger partial charge in [0.2, 0.25) is 0 Å². The van der Waals surface area contributed by atoms with Crippen molar-refractivity contribution in [2.75, 3.05) is 25.1 Å². The number of aromatic nitrogens is 1. The summed E-state index contributed by atoms with van der Waals surface area (Å²) >= 11 is 1.48. The molecule has 2 unspecified atom stereocenters. The summed E-state index contributed by atoms with van der Waals surface area (Å²) in [6, 6.07) is 0. The number of rotatable bonds is 4. The van der Waals surface area contributed by atoms with Gasteiger partial charge in [0.15, 0.2) is 11.4 Å². The van der Waals surface area contributed by atoms with Gasteiger partial charge in [-0.05, 0) is 18.3 Å².